The summed E-state index contributed by atoms with van der Waals surface area (Å²) in [6.45, 7) is 6.41. The van der Waals surface area contributed by atoms with Crippen LogP contribution >= 0.6 is 0 Å². The topological polar surface area (TPSA) is 99.9 Å². The van der Waals surface area contributed by atoms with E-state index in [-0.39, 0.29) is 18.0 Å². The number of nitrogens with zero attached hydrogens (tertiary/aromatic N) is 4. The van der Waals surface area contributed by atoms with Crippen molar-refractivity contribution in [3.05, 3.63) is 59.3 Å². The smallest absolute Gasteiger partial charge is 0.322 e. The molecule has 0 bridgehead atoms. The summed E-state index contributed by atoms with van der Waals surface area (Å²) in [5, 5.41) is 7.00. The Morgan fingerprint density at radius 1 is 1.33 bits per heavy atom. The van der Waals surface area contributed by atoms with Crippen LogP contribution in [0.5, 0.6) is 0 Å². The SMILES string of the molecule is Cc1ccc(NC(=O)N2Cc3[nH]cnc3C[C@H]2c2nc(C(C)C)no2)cc1. The molecule has 0 aliphatic carbocycles. The van der Waals surface area contributed by atoms with E-state index in [9.17, 15) is 4.79 Å². The molecule has 8 nitrogen and oxygen atoms in total. The summed E-state index contributed by atoms with van der Waals surface area (Å²) in [5.74, 6) is 1.23. The van der Waals surface area contributed by atoms with Crippen LogP contribution in [-0.4, -0.2) is 31.0 Å². The highest BCUT2D eigenvalue weighted by Crippen LogP contribution is 2.32. The Morgan fingerprint density at radius 3 is 2.81 bits per heavy atom. The third kappa shape index (κ3) is 3.42. The lowest BCUT2D eigenvalue weighted by atomic mass is 10.0. The van der Waals surface area contributed by atoms with Crippen molar-refractivity contribution in [2.24, 2.45) is 0 Å². The normalized spacial score (nSPS) is 16.4. The number of anilines is 1. The molecule has 8 heteroatoms. The van der Waals surface area contributed by atoms with E-state index in [4.69, 9.17) is 4.52 Å². The van der Waals surface area contributed by atoms with Crippen LogP contribution in [-0.2, 0) is 13.0 Å². The summed E-state index contributed by atoms with van der Waals surface area (Å²) >= 11 is 0. The number of carbonyl (C=O) groups is 1. The summed E-state index contributed by atoms with van der Waals surface area (Å²) in [6.07, 6.45) is 2.18. The van der Waals surface area contributed by atoms with Crippen molar-refractivity contribution in [2.75, 3.05) is 5.32 Å². The molecule has 4 rings (SSSR count). The minimum Gasteiger partial charge on any atom is -0.347 e. The molecule has 3 heterocycles. The second kappa shape index (κ2) is 6.86. The fourth-order valence-electron chi connectivity index (χ4n) is 3.12. The summed E-state index contributed by atoms with van der Waals surface area (Å²) in [5.41, 5.74) is 3.73. The predicted octanol–water partition coefficient (Wildman–Crippen LogP) is 3.56. The summed E-state index contributed by atoms with van der Waals surface area (Å²) in [7, 11) is 0. The number of aromatic amines is 1. The van der Waals surface area contributed by atoms with Gasteiger partial charge in [0, 0.05) is 18.0 Å². The van der Waals surface area contributed by atoms with Crippen molar-refractivity contribution in [3.8, 4) is 0 Å². The van der Waals surface area contributed by atoms with Gasteiger partial charge < -0.3 is 19.7 Å². The zero-order valence-corrected chi connectivity index (χ0v) is 15.6. The van der Waals surface area contributed by atoms with Crippen molar-refractivity contribution >= 4 is 11.7 Å². The van der Waals surface area contributed by atoms with Crippen molar-refractivity contribution in [2.45, 2.75) is 45.7 Å². The first-order chi connectivity index (χ1) is 13.0. The van der Waals surface area contributed by atoms with E-state index in [1.807, 2.05) is 45.0 Å². The molecule has 0 unspecified atom stereocenters. The van der Waals surface area contributed by atoms with Crippen LogP contribution in [0.3, 0.4) is 0 Å². The fraction of sp³-hybridized carbons (Fsp3) is 0.368. The molecule has 0 saturated heterocycles. The summed E-state index contributed by atoms with van der Waals surface area (Å²) in [6, 6.07) is 7.13. The van der Waals surface area contributed by atoms with Gasteiger partial charge in [-0.25, -0.2) is 9.78 Å². The second-order valence-electron chi connectivity index (χ2n) is 7.12. The molecule has 1 aliphatic rings. The van der Waals surface area contributed by atoms with Crippen molar-refractivity contribution < 1.29 is 9.32 Å². The van der Waals surface area contributed by atoms with E-state index >= 15 is 0 Å². The zero-order chi connectivity index (χ0) is 19.0. The highest BCUT2D eigenvalue weighted by molar-refractivity contribution is 5.89. The van der Waals surface area contributed by atoms with Gasteiger partial charge in [0.25, 0.3) is 0 Å². The van der Waals surface area contributed by atoms with E-state index in [1.165, 1.54) is 0 Å². The number of rotatable bonds is 3. The molecule has 140 valence electrons. The van der Waals surface area contributed by atoms with Gasteiger partial charge >= 0.3 is 6.03 Å². The Hall–Kier alpha value is -3.16. The van der Waals surface area contributed by atoms with E-state index in [0.29, 0.717) is 24.7 Å². The van der Waals surface area contributed by atoms with Crippen LogP contribution in [0, 0.1) is 6.92 Å². The Morgan fingerprint density at radius 2 is 2.11 bits per heavy atom. The lowest BCUT2D eigenvalue weighted by Gasteiger charge is -2.32. The quantitative estimate of drug-likeness (QED) is 0.738. The lowest BCUT2D eigenvalue weighted by Crippen LogP contribution is -2.41. The number of fused-ring (bicyclic) bond motifs is 1. The van der Waals surface area contributed by atoms with Gasteiger partial charge in [-0.2, -0.15) is 4.98 Å². The van der Waals surface area contributed by atoms with Gasteiger partial charge in [0.15, 0.2) is 5.82 Å². The Kier molecular flexibility index (Phi) is 4.39. The van der Waals surface area contributed by atoms with Crippen LogP contribution in [0.25, 0.3) is 0 Å². The molecule has 0 fully saturated rings. The van der Waals surface area contributed by atoms with E-state index < -0.39 is 0 Å². The lowest BCUT2D eigenvalue weighted by molar-refractivity contribution is 0.155. The number of hydrogen-bond donors (Lipinski definition) is 2. The summed E-state index contributed by atoms with van der Waals surface area (Å²) < 4.78 is 5.48. The summed E-state index contributed by atoms with van der Waals surface area (Å²) in [4.78, 5) is 26.7. The maximum absolute atomic E-state index is 13.0. The molecule has 1 atom stereocenters. The van der Waals surface area contributed by atoms with Gasteiger partial charge in [-0.3, -0.25) is 0 Å². The van der Waals surface area contributed by atoms with Crippen molar-refractivity contribution in [1.29, 1.82) is 0 Å². The number of aromatic nitrogens is 4. The van der Waals surface area contributed by atoms with Gasteiger partial charge in [0.2, 0.25) is 5.89 Å². The number of benzene rings is 1. The molecule has 2 amide bonds. The van der Waals surface area contributed by atoms with Crippen LogP contribution in [0.1, 0.15) is 54.5 Å². The van der Waals surface area contributed by atoms with E-state index in [2.05, 4.69) is 25.4 Å². The van der Waals surface area contributed by atoms with Gasteiger partial charge in [0.1, 0.15) is 6.04 Å². The molecule has 3 aromatic rings. The minimum absolute atomic E-state index is 0.155. The molecule has 2 aromatic heterocycles. The van der Waals surface area contributed by atoms with Gasteiger partial charge in [-0.1, -0.05) is 36.7 Å². The molecular weight excluding hydrogens is 344 g/mol. The van der Waals surface area contributed by atoms with Gasteiger partial charge in [-0.15, -0.1) is 0 Å². The monoisotopic (exact) mass is 366 g/mol. The number of carbonyl (C=O) groups excluding carboxylic acids is 1. The van der Waals surface area contributed by atoms with Crippen LogP contribution in [0.2, 0.25) is 0 Å². The molecule has 1 aliphatic heterocycles. The maximum atomic E-state index is 13.0. The first kappa shape index (κ1) is 17.3. The van der Waals surface area contributed by atoms with Crippen LogP contribution < -0.4 is 5.32 Å². The number of hydrogen-bond acceptors (Lipinski definition) is 5. The zero-order valence-electron chi connectivity index (χ0n) is 15.6. The molecular formula is C19H22N6O2. The molecule has 2 N–H and O–H groups in total. The highest BCUT2D eigenvalue weighted by atomic mass is 16.5. The number of amides is 2. The Labute approximate surface area is 157 Å². The Bertz CT molecular complexity index is 943. The van der Waals surface area contributed by atoms with Gasteiger partial charge in [0.05, 0.1) is 24.3 Å². The van der Waals surface area contributed by atoms with E-state index in [1.54, 1.807) is 11.2 Å². The molecule has 0 saturated carbocycles. The van der Waals surface area contributed by atoms with Crippen molar-refractivity contribution in [1.82, 2.24) is 25.0 Å². The largest absolute Gasteiger partial charge is 0.347 e. The van der Waals surface area contributed by atoms with Crippen LogP contribution in [0.15, 0.2) is 35.1 Å². The first-order valence-electron chi connectivity index (χ1n) is 9.00. The fourth-order valence-corrected chi connectivity index (χ4v) is 3.12. The average Bonchev–Trinajstić information content (AvgIpc) is 3.31. The third-order valence-corrected chi connectivity index (χ3v) is 4.72. The number of nitrogens with one attached hydrogen (secondary N) is 2. The van der Waals surface area contributed by atoms with E-state index in [0.717, 1.165) is 22.6 Å². The third-order valence-electron chi connectivity index (χ3n) is 4.72. The predicted molar refractivity (Wildman–Crippen MR) is 99.2 cm³/mol. The number of imidazole rings is 1. The standard InChI is InChI=1S/C19H22N6O2/c1-11(2)17-23-18(27-24-17)16-8-14-15(21-10-20-14)9-25(16)19(26)22-13-6-4-12(3)5-7-13/h4-7,10-11,16H,8-9H2,1-3H3,(H,20,21)(H,22,26)/t16-/m0/s1. The van der Waals surface area contributed by atoms with Crippen LogP contribution in [0.4, 0.5) is 10.5 Å². The molecule has 27 heavy (non-hydrogen) atoms. The maximum Gasteiger partial charge on any atom is 0.322 e. The number of aryl methyl sites for hydroxylation is 1. The molecule has 1 aromatic carbocycles. The highest BCUT2D eigenvalue weighted by Gasteiger charge is 2.36. The second-order valence-corrected chi connectivity index (χ2v) is 7.12. The van der Waals surface area contributed by atoms with Crippen molar-refractivity contribution in [3.63, 3.8) is 0 Å². The molecule has 0 spiro atoms. The first-order valence-corrected chi connectivity index (χ1v) is 9.00. The minimum atomic E-state index is -0.355. The number of urea groups is 1. The Balaban J connectivity index is 1.62. The van der Waals surface area contributed by atoms with Gasteiger partial charge in [-0.05, 0) is 19.1 Å². The number of H-pyrrole nitrogens is 1. The molecule has 0 radical (unpaired) electrons. The average molecular weight is 366 g/mol.